The van der Waals surface area contributed by atoms with Gasteiger partial charge in [-0.2, -0.15) is 0 Å². The number of hydrogen-bond donors (Lipinski definition) is 0. The van der Waals surface area contributed by atoms with Crippen LogP contribution in [-0.4, -0.2) is 0 Å². The Morgan fingerprint density at radius 3 is 1.89 bits per heavy atom. The third kappa shape index (κ3) is 2.35. The summed E-state index contributed by atoms with van der Waals surface area (Å²) < 4.78 is 0. The molecular weight excluding hydrogens is 216 g/mol. The van der Waals surface area contributed by atoms with E-state index in [4.69, 9.17) is 0 Å². The van der Waals surface area contributed by atoms with Gasteiger partial charge in [0.15, 0.2) is 0 Å². The monoisotopic (exact) mass is 246 g/mol. The molecule has 3 atom stereocenters. The molecule has 0 N–H and O–H groups in total. The lowest BCUT2D eigenvalue weighted by atomic mass is 9.81. The molecule has 3 unspecified atom stereocenters. The maximum atomic E-state index is 2.43. The summed E-state index contributed by atoms with van der Waals surface area (Å²) in [5.74, 6) is 2.70. The highest BCUT2D eigenvalue weighted by molar-refractivity contribution is 5.50. The standard InChI is InChI=1S/C14H18.2C2H6/c1-8-4-5-9(2)14-12-7-11(13(8)14)6-10(12)3;2*1-2/h4-5,10-12H,6-7H2,1-3H3;2*1-2H3. The average molecular weight is 246 g/mol. The summed E-state index contributed by atoms with van der Waals surface area (Å²) in [5, 5.41) is 0. The smallest absolute Gasteiger partial charge is 0.0125 e. The lowest BCUT2D eigenvalue weighted by Gasteiger charge is -2.24. The highest BCUT2D eigenvalue weighted by Crippen LogP contribution is 2.57. The quantitative estimate of drug-likeness (QED) is 0.529. The fourth-order valence-corrected chi connectivity index (χ4v) is 3.77. The average Bonchev–Trinajstić information content (AvgIpc) is 2.96. The Bertz CT molecular complexity index is 389. The minimum absolute atomic E-state index is 0.884. The van der Waals surface area contributed by atoms with Crippen molar-refractivity contribution in [3.05, 3.63) is 34.4 Å². The second-order valence-electron chi connectivity index (χ2n) is 5.28. The van der Waals surface area contributed by atoms with Gasteiger partial charge >= 0.3 is 0 Å². The summed E-state index contributed by atoms with van der Waals surface area (Å²) in [6.45, 7) is 15.0. The molecule has 0 heterocycles. The zero-order valence-corrected chi connectivity index (χ0v) is 13.3. The number of fused-ring (bicyclic) bond motifs is 5. The zero-order valence-electron chi connectivity index (χ0n) is 13.3. The van der Waals surface area contributed by atoms with Gasteiger partial charge in [0.25, 0.3) is 0 Å². The van der Waals surface area contributed by atoms with Gasteiger partial charge in [0, 0.05) is 0 Å². The van der Waals surface area contributed by atoms with Gasteiger partial charge in [-0.15, -0.1) is 0 Å². The molecule has 0 amide bonds. The predicted octanol–water partition coefficient (Wildman–Crippen LogP) is 5.97. The molecule has 2 aliphatic rings. The van der Waals surface area contributed by atoms with Crippen molar-refractivity contribution in [1.29, 1.82) is 0 Å². The Morgan fingerprint density at radius 2 is 1.33 bits per heavy atom. The lowest BCUT2D eigenvalue weighted by Crippen LogP contribution is -2.09. The van der Waals surface area contributed by atoms with Crippen LogP contribution in [0.3, 0.4) is 0 Å². The van der Waals surface area contributed by atoms with Gasteiger partial charge in [0.1, 0.15) is 0 Å². The Morgan fingerprint density at radius 1 is 0.833 bits per heavy atom. The van der Waals surface area contributed by atoms with Crippen LogP contribution in [0, 0.1) is 19.8 Å². The van der Waals surface area contributed by atoms with Gasteiger partial charge < -0.3 is 0 Å². The van der Waals surface area contributed by atoms with Gasteiger partial charge in [-0.05, 0) is 66.7 Å². The molecule has 3 rings (SSSR count). The van der Waals surface area contributed by atoms with Crippen LogP contribution < -0.4 is 0 Å². The molecule has 2 aliphatic carbocycles. The van der Waals surface area contributed by atoms with Crippen molar-refractivity contribution in [2.75, 3.05) is 0 Å². The van der Waals surface area contributed by atoms with Gasteiger partial charge in [-0.3, -0.25) is 0 Å². The molecule has 0 aliphatic heterocycles. The highest BCUT2D eigenvalue weighted by Gasteiger charge is 2.42. The lowest BCUT2D eigenvalue weighted by molar-refractivity contribution is 0.511. The molecular formula is C18H30. The Kier molecular flexibility index (Phi) is 5.44. The predicted molar refractivity (Wildman–Crippen MR) is 82.5 cm³/mol. The highest BCUT2D eigenvalue weighted by atomic mass is 14.5. The number of rotatable bonds is 0. The van der Waals surface area contributed by atoms with E-state index in [1.165, 1.54) is 24.0 Å². The summed E-state index contributed by atoms with van der Waals surface area (Å²) in [6.07, 6.45) is 2.87. The molecule has 0 radical (unpaired) electrons. The first kappa shape index (κ1) is 15.3. The van der Waals surface area contributed by atoms with E-state index in [1.807, 2.05) is 27.7 Å². The summed E-state index contributed by atoms with van der Waals surface area (Å²) in [4.78, 5) is 0. The second-order valence-corrected chi connectivity index (χ2v) is 5.28. The first-order valence-electron chi connectivity index (χ1n) is 7.78. The van der Waals surface area contributed by atoms with Crippen LogP contribution in [0.15, 0.2) is 12.1 Å². The number of benzene rings is 1. The van der Waals surface area contributed by atoms with E-state index in [0.717, 1.165) is 17.8 Å². The van der Waals surface area contributed by atoms with Gasteiger partial charge in [0.2, 0.25) is 0 Å². The molecule has 0 heteroatoms. The molecule has 102 valence electrons. The van der Waals surface area contributed by atoms with Crippen molar-refractivity contribution in [2.45, 2.75) is 73.1 Å². The fourth-order valence-electron chi connectivity index (χ4n) is 3.77. The molecule has 0 spiro atoms. The van der Waals surface area contributed by atoms with Crippen molar-refractivity contribution in [1.82, 2.24) is 0 Å². The molecule has 2 bridgehead atoms. The van der Waals surface area contributed by atoms with Gasteiger partial charge in [0.05, 0.1) is 0 Å². The van der Waals surface area contributed by atoms with Crippen LogP contribution in [0.4, 0.5) is 0 Å². The fraction of sp³-hybridized carbons (Fsp3) is 0.667. The summed E-state index contributed by atoms with van der Waals surface area (Å²) in [7, 11) is 0. The molecule has 0 saturated heterocycles. The van der Waals surface area contributed by atoms with Crippen LogP contribution in [0.1, 0.15) is 81.5 Å². The normalized spacial score (nSPS) is 26.7. The Balaban J connectivity index is 0.000000371. The molecule has 0 nitrogen and oxygen atoms in total. The van der Waals surface area contributed by atoms with Gasteiger partial charge in [-0.25, -0.2) is 0 Å². The van der Waals surface area contributed by atoms with E-state index in [1.54, 1.807) is 11.1 Å². The van der Waals surface area contributed by atoms with Crippen molar-refractivity contribution < 1.29 is 0 Å². The maximum Gasteiger partial charge on any atom is -0.0125 e. The Hall–Kier alpha value is -0.780. The second kappa shape index (κ2) is 6.41. The van der Waals surface area contributed by atoms with Crippen LogP contribution in [0.5, 0.6) is 0 Å². The minimum atomic E-state index is 0.884. The minimum Gasteiger partial charge on any atom is -0.0683 e. The van der Waals surface area contributed by atoms with Crippen molar-refractivity contribution in [2.24, 2.45) is 5.92 Å². The largest absolute Gasteiger partial charge is 0.0683 e. The third-order valence-corrected chi connectivity index (χ3v) is 4.38. The summed E-state index contributed by atoms with van der Waals surface area (Å²) >= 11 is 0. The topological polar surface area (TPSA) is 0 Å². The van der Waals surface area contributed by atoms with Crippen LogP contribution in [0.2, 0.25) is 0 Å². The van der Waals surface area contributed by atoms with Crippen LogP contribution in [0.25, 0.3) is 0 Å². The molecule has 1 fully saturated rings. The van der Waals surface area contributed by atoms with E-state index in [-0.39, 0.29) is 0 Å². The van der Waals surface area contributed by atoms with Crippen molar-refractivity contribution in [3.8, 4) is 0 Å². The van der Waals surface area contributed by atoms with E-state index in [0.29, 0.717) is 0 Å². The van der Waals surface area contributed by atoms with E-state index in [2.05, 4.69) is 32.9 Å². The first-order valence-corrected chi connectivity index (χ1v) is 7.78. The van der Waals surface area contributed by atoms with Crippen LogP contribution in [-0.2, 0) is 0 Å². The maximum absolute atomic E-state index is 2.43. The van der Waals surface area contributed by atoms with E-state index >= 15 is 0 Å². The van der Waals surface area contributed by atoms with Crippen LogP contribution >= 0.6 is 0 Å². The summed E-state index contributed by atoms with van der Waals surface area (Å²) in [5.41, 5.74) is 6.50. The first-order chi connectivity index (χ1) is 8.68. The van der Waals surface area contributed by atoms with Crippen molar-refractivity contribution >= 4 is 0 Å². The van der Waals surface area contributed by atoms with E-state index < -0.39 is 0 Å². The zero-order chi connectivity index (χ0) is 13.9. The SMILES string of the molecule is CC.CC.Cc1ccc(C)c2c1C1CC(C)C2C1. The molecule has 1 aromatic rings. The molecule has 1 aromatic carbocycles. The molecule has 1 saturated carbocycles. The number of aryl methyl sites for hydroxylation is 2. The van der Waals surface area contributed by atoms with Crippen molar-refractivity contribution in [3.63, 3.8) is 0 Å². The Labute approximate surface area is 114 Å². The third-order valence-electron chi connectivity index (χ3n) is 4.38. The van der Waals surface area contributed by atoms with Gasteiger partial charge in [-0.1, -0.05) is 46.8 Å². The molecule has 0 aromatic heterocycles. The van der Waals surface area contributed by atoms with E-state index in [9.17, 15) is 0 Å². The number of hydrogen-bond acceptors (Lipinski definition) is 0. The summed E-state index contributed by atoms with van der Waals surface area (Å²) in [6, 6.07) is 4.61. The molecule has 18 heavy (non-hydrogen) atoms.